The summed E-state index contributed by atoms with van der Waals surface area (Å²) in [5.41, 5.74) is 1.61. The maximum Gasteiger partial charge on any atom is 0.330 e. The predicted octanol–water partition coefficient (Wildman–Crippen LogP) is 9.71. The molecule has 1 atom stereocenters. The number of rotatable bonds is 21. The third-order valence-electron chi connectivity index (χ3n) is 9.77. The summed E-state index contributed by atoms with van der Waals surface area (Å²) in [6, 6.07) is 20.5. The molecule has 0 amide bonds. The fraction of sp³-hybridized carbons (Fsp3) is 0.432. The van der Waals surface area contributed by atoms with Crippen LogP contribution in [-0.4, -0.2) is 55.5 Å². The number of benzene rings is 3. The average molecular weight is 784 g/mol. The number of anilines is 1. The monoisotopic (exact) mass is 783 g/mol. The molecule has 1 aromatic heterocycles. The standard InChI is InChI=1S/C44H53N3O8S/c1-5-7-14-31(3)47(44-46-38-15-10-11-16-40(38)56-44)45-30-34-29-37(25-26-39(34)51-4)55-43(50)33-19-17-32(18-20-33)42(49)54-36-23-21-35(22-24-36)52-27-12-8-9-13-28-53-41(48)6-2/h6,10-11,15-16,21-26,29-33H,2,5,7-9,12-14,17-20,27-28H2,1,3-4H3/b45-30+. The van der Waals surface area contributed by atoms with E-state index < -0.39 is 5.97 Å². The van der Waals surface area contributed by atoms with Crippen LogP contribution in [0.5, 0.6) is 23.0 Å². The Bertz CT molecular complexity index is 1890. The lowest BCUT2D eigenvalue weighted by Gasteiger charge is -2.26. The largest absolute Gasteiger partial charge is 0.496 e. The third-order valence-corrected chi connectivity index (χ3v) is 10.8. The number of nitrogens with zero attached hydrogens (tertiary/aromatic N) is 3. The maximum atomic E-state index is 13.3. The minimum Gasteiger partial charge on any atom is -0.496 e. The van der Waals surface area contributed by atoms with Crippen LogP contribution >= 0.6 is 11.3 Å². The summed E-state index contributed by atoms with van der Waals surface area (Å²) in [6.45, 7) is 8.67. The van der Waals surface area contributed by atoms with Gasteiger partial charge < -0.3 is 23.7 Å². The van der Waals surface area contributed by atoms with Gasteiger partial charge in [-0.05, 0) is 119 Å². The summed E-state index contributed by atoms with van der Waals surface area (Å²) >= 11 is 1.60. The van der Waals surface area contributed by atoms with Gasteiger partial charge in [0.05, 0.1) is 54.6 Å². The highest BCUT2D eigenvalue weighted by Gasteiger charge is 2.32. The van der Waals surface area contributed by atoms with Gasteiger partial charge in [0, 0.05) is 11.6 Å². The molecule has 12 heteroatoms. The number of hydrogen-bond acceptors (Lipinski definition) is 12. The van der Waals surface area contributed by atoms with Crippen molar-refractivity contribution in [1.29, 1.82) is 0 Å². The number of unbranched alkanes of at least 4 members (excludes halogenated alkanes) is 4. The highest BCUT2D eigenvalue weighted by atomic mass is 32.1. The lowest BCUT2D eigenvalue weighted by Crippen LogP contribution is -2.30. The molecule has 1 aliphatic carbocycles. The normalized spacial score (nSPS) is 15.9. The molecule has 1 aliphatic rings. The first-order valence-corrected chi connectivity index (χ1v) is 20.4. The Balaban J connectivity index is 1.09. The summed E-state index contributed by atoms with van der Waals surface area (Å²) in [7, 11) is 1.60. The van der Waals surface area contributed by atoms with Gasteiger partial charge in [-0.2, -0.15) is 5.10 Å². The molecule has 0 spiro atoms. The highest BCUT2D eigenvalue weighted by molar-refractivity contribution is 7.22. The van der Waals surface area contributed by atoms with Crippen LogP contribution in [0, 0.1) is 11.8 Å². The first-order chi connectivity index (χ1) is 27.3. The fourth-order valence-electron chi connectivity index (χ4n) is 6.48. The van der Waals surface area contributed by atoms with Crippen molar-refractivity contribution in [2.75, 3.05) is 25.3 Å². The minimum absolute atomic E-state index is 0.119. The van der Waals surface area contributed by atoms with Crippen molar-refractivity contribution < 1.29 is 38.1 Å². The van der Waals surface area contributed by atoms with E-state index in [4.69, 9.17) is 33.8 Å². The van der Waals surface area contributed by atoms with Gasteiger partial charge in [0.25, 0.3) is 0 Å². The number of esters is 3. The molecule has 11 nitrogen and oxygen atoms in total. The summed E-state index contributed by atoms with van der Waals surface area (Å²) < 4.78 is 29.1. The second-order valence-corrected chi connectivity index (χ2v) is 15.0. The number of aromatic nitrogens is 1. The number of ether oxygens (including phenoxy) is 5. The van der Waals surface area contributed by atoms with Crippen LogP contribution in [0.15, 0.2) is 84.5 Å². The Morgan fingerprint density at radius 2 is 1.52 bits per heavy atom. The van der Waals surface area contributed by atoms with Gasteiger partial charge in [-0.15, -0.1) is 0 Å². The molecule has 1 unspecified atom stereocenters. The molecular weight excluding hydrogens is 731 g/mol. The van der Waals surface area contributed by atoms with Gasteiger partial charge in [-0.3, -0.25) is 9.59 Å². The molecule has 5 rings (SSSR count). The Kier molecular flexibility index (Phi) is 16.3. The van der Waals surface area contributed by atoms with Crippen molar-refractivity contribution in [3.05, 3.63) is 84.9 Å². The first kappa shape index (κ1) is 41.9. The average Bonchev–Trinajstić information content (AvgIpc) is 3.65. The number of carbonyl (C=O) groups is 3. The van der Waals surface area contributed by atoms with Gasteiger partial charge in [0.1, 0.15) is 23.0 Å². The van der Waals surface area contributed by atoms with Crippen LogP contribution in [-0.2, 0) is 19.1 Å². The molecule has 0 aliphatic heterocycles. The van der Waals surface area contributed by atoms with Crippen LogP contribution < -0.4 is 24.0 Å². The van der Waals surface area contributed by atoms with Crippen LogP contribution in [0.4, 0.5) is 5.13 Å². The van der Waals surface area contributed by atoms with E-state index in [0.29, 0.717) is 67.5 Å². The number of hydrazone groups is 1. The second-order valence-electron chi connectivity index (χ2n) is 13.9. The van der Waals surface area contributed by atoms with Gasteiger partial charge in [0.15, 0.2) is 0 Å². The number of carbonyl (C=O) groups excluding carboxylic acids is 3. The van der Waals surface area contributed by atoms with Crippen molar-refractivity contribution in [3.8, 4) is 23.0 Å². The fourth-order valence-corrected chi connectivity index (χ4v) is 7.51. The van der Waals surface area contributed by atoms with E-state index in [0.717, 1.165) is 60.3 Å². The maximum absolute atomic E-state index is 13.3. The zero-order valence-electron chi connectivity index (χ0n) is 32.7. The molecule has 298 valence electrons. The molecule has 0 radical (unpaired) electrons. The molecule has 56 heavy (non-hydrogen) atoms. The smallest absolute Gasteiger partial charge is 0.330 e. The lowest BCUT2D eigenvalue weighted by atomic mass is 9.82. The van der Waals surface area contributed by atoms with E-state index >= 15 is 0 Å². The molecule has 1 saturated carbocycles. The summed E-state index contributed by atoms with van der Waals surface area (Å²) in [4.78, 5) is 42.2. The molecule has 1 heterocycles. The topological polar surface area (TPSA) is 126 Å². The van der Waals surface area contributed by atoms with Crippen molar-refractivity contribution in [3.63, 3.8) is 0 Å². The van der Waals surface area contributed by atoms with E-state index in [2.05, 4.69) is 26.5 Å². The van der Waals surface area contributed by atoms with E-state index in [1.54, 1.807) is 67.1 Å². The van der Waals surface area contributed by atoms with Gasteiger partial charge in [-0.1, -0.05) is 49.8 Å². The number of hydrogen-bond donors (Lipinski definition) is 0. The Labute approximate surface area is 333 Å². The molecule has 0 bridgehead atoms. The molecule has 0 N–H and O–H groups in total. The number of methoxy groups -OCH3 is 1. The minimum atomic E-state index is -0.396. The van der Waals surface area contributed by atoms with Crippen LogP contribution in [0.25, 0.3) is 10.2 Å². The Morgan fingerprint density at radius 1 is 0.875 bits per heavy atom. The highest BCUT2D eigenvalue weighted by Crippen LogP contribution is 2.34. The van der Waals surface area contributed by atoms with E-state index in [9.17, 15) is 14.4 Å². The van der Waals surface area contributed by atoms with Gasteiger partial charge >= 0.3 is 17.9 Å². The zero-order valence-corrected chi connectivity index (χ0v) is 33.5. The first-order valence-electron chi connectivity index (χ1n) is 19.6. The predicted molar refractivity (Wildman–Crippen MR) is 220 cm³/mol. The third kappa shape index (κ3) is 12.4. The zero-order chi connectivity index (χ0) is 39.7. The number of fused-ring (bicyclic) bond motifs is 1. The van der Waals surface area contributed by atoms with Crippen molar-refractivity contribution >= 4 is 50.8 Å². The summed E-state index contributed by atoms with van der Waals surface area (Å²) in [6.07, 6.45) is 11.7. The van der Waals surface area contributed by atoms with Crippen LogP contribution in [0.1, 0.15) is 90.0 Å². The summed E-state index contributed by atoms with van der Waals surface area (Å²) in [5.74, 6) is 0.530. The molecule has 1 fully saturated rings. The second kappa shape index (κ2) is 21.8. The molecule has 4 aromatic rings. The van der Waals surface area contributed by atoms with Crippen LogP contribution in [0.2, 0.25) is 0 Å². The molecule has 0 saturated heterocycles. The Morgan fingerprint density at radius 3 is 2.18 bits per heavy atom. The lowest BCUT2D eigenvalue weighted by molar-refractivity contribution is -0.145. The summed E-state index contributed by atoms with van der Waals surface area (Å²) in [5, 5.41) is 7.68. The number of para-hydroxylation sites is 1. The van der Waals surface area contributed by atoms with Crippen molar-refractivity contribution in [1.82, 2.24) is 4.98 Å². The molecular formula is C44H53N3O8S. The van der Waals surface area contributed by atoms with E-state index in [1.165, 1.54) is 6.08 Å². The van der Waals surface area contributed by atoms with Crippen LogP contribution in [0.3, 0.4) is 0 Å². The van der Waals surface area contributed by atoms with E-state index in [-0.39, 0.29) is 29.8 Å². The Hall–Kier alpha value is -5.23. The van der Waals surface area contributed by atoms with E-state index in [1.807, 2.05) is 23.2 Å². The van der Waals surface area contributed by atoms with Gasteiger partial charge in [0.2, 0.25) is 5.13 Å². The SMILES string of the molecule is C=CC(=O)OCCCCCCOc1ccc(OC(=O)C2CCC(C(=O)Oc3ccc(OC)c(/C=N/N(c4nc5ccccc5s4)C(C)CCCC)c3)CC2)cc1. The molecule has 3 aromatic carbocycles. The quantitative estimate of drug-likeness (QED) is 0.0201. The van der Waals surface area contributed by atoms with Crippen molar-refractivity contribution in [2.24, 2.45) is 16.9 Å². The number of thiazole rings is 1. The van der Waals surface area contributed by atoms with Crippen molar-refractivity contribution in [2.45, 2.75) is 90.5 Å². The van der Waals surface area contributed by atoms with Gasteiger partial charge in [-0.25, -0.2) is 14.8 Å².